The zero-order valence-electron chi connectivity index (χ0n) is 15.6. The van der Waals surface area contributed by atoms with Crippen LogP contribution in [0, 0.1) is 42.6 Å². The fraction of sp³-hybridized carbons (Fsp3) is 0.136. The summed E-state index contributed by atoms with van der Waals surface area (Å²) in [6, 6.07) is 15.5. The third kappa shape index (κ3) is 4.95. The van der Waals surface area contributed by atoms with Gasteiger partial charge in [0, 0.05) is 17.9 Å². The van der Waals surface area contributed by atoms with Gasteiger partial charge in [0.05, 0.1) is 23.3 Å². The summed E-state index contributed by atoms with van der Waals surface area (Å²) in [5.74, 6) is 11.9. The maximum atomic E-state index is 13.2. The van der Waals surface area contributed by atoms with Crippen molar-refractivity contribution in [3.05, 3.63) is 59.7 Å². The van der Waals surface area contributed by atoms with E-state index in [4.69, 9.17) is 0 Å². The molecule has 0 atom stereocenters. The monoisotopic (exact) mass is 391 g/mol. The summed E-state index contributed by atoms with van der Waals surface area (Å²) in [6.07, 6.45) is 0. The van der Waals surface area contributed by atoms with Crippen LogP contribution in [0.1, 0.15) is 18.1 Å². The van der Waals surface area contributed by atoms with Gasteiger partial charge in [0.1, 0.15) is 0 Å². The van der Waals surface area contributed by atoms with Crippen molar-refractivity contribution in [3.8, 4) is 35.6 Å². The van der Waals surface area contributed by atoms with Crippen molar-refractivity contribution in [3.63, 3.8) is 0 Å². The second-order valence-electron chi connectivity index (χ2n) is 5.45. The molecule has 0 unspecified atom stereocenters. The first kappa shape index (κ1) is 20.6. The average molecular weight is 391 g/mol. The van der Waals surface area contributed by atoms with Crippen LogP contribution in [0.2, 0.25) is 0 Å². The molecule has 0 aliphatic rings. The Labute approximate surface area is 165 Å². The van der Waals surface area contributed by atoms with E-state index in [0.29, 0.717) is 5.56 Å². The Hall–Kier alpha value is -3.66. The number of aryl methyl sites for hydroxylation is 1. The lowest BCUT2D eigenvalue weighted by Gasteiger charge is -2.19. The molecule has 6 heteroatoms. The molecule has 2 rings (SSSR count). The van der Waals surface area contributed by atoms with Crippen LogP contribution in [0.4, 0.5) is 5.69 Å². The number of ether oxygens (including phenoxy) is 1. The summed E-state index contributed by atoms with van der Waals surface area (Å²) in [4.78, 5) is 11.4. The van der Waals surface area contributed by atoms with E-state index >= 15 is 0 Å². The summed E-state index contributed by atoms with van der Waals surface area (Å²) in [6.45, 7) is 3.46. The first-order chi connectivity index (χ1) is 13.4. The molecule has 0 saturated carbocycles. The zero-order chi connectivity index (χ0) is 20.6. The number of esters is 1. The van der Waals surface area contributed by atoms with Crippen LogP contribution < -0.4 is 4.31 Å². The van der Waals surface area contributed by atoms with E-state index in [1.54, 1.807) is 43.3 Å². The molecule has 28 heavy (non-hydrogen) atoms. The minimum absolute atomic E-state index is 0.0765. The lowest BCUT2D eigenvalue weighted by Crippen LogP contribution is -2.27. The first-order valence-corrected chi connectivity index (χ1v) is 9.57. The van der Waals surface area contributed by atoms with E-state index in [1.807, 2.05) is 6.92 Å². The molecule has 0 N–H and O–H groups in total. The number of carbonyl (C=O) groups is 1. The van der Waals surface area contributed by atoms with Crippen LogP contribution in [0.3, 0.4) is 0 Å². The van der Waals surface area contributed by atoms with Crippen molar-refractivity contribution in [2.24, 2.45) is 0 Å². The molecule has 0 spiro atoms. The van der Waals surface area contributed by atoms with Gasteiger partial charge in [-0.05, 0) is 44.0 Å². The quantitative estimate of drug-likeness (QED) is 0.459. The third-order valence-corrected chi connectivity index (χ3v) is 5.15. The minimum Gasteiger partial charge on any atom is -0.459 e. The fourth-order valence-electron chi connectivity index (χ4n) is 2.13. The Morgan fingerprint density at radius 1 is 1.04 bits per heavy atom. The van der Waals surface area contributed by atoms with Crippen molar-refractivity contribution in [1.82, 2.24) is 0 Å². The lowest BCUT2D eigenvalue weighted by atomic mass is 10.2. The molecule has 140 valence electrons. The first-order valence-electron chi connectivity index (χ1n) is 8.13. The average Bonchev–Trinajstić information content (AvgIpc) is 2.70. The molecule has 0 aliphatic heterocycles. The number of anilines is 1. The second-order valence-corrected chi connectivity index (χ2v) is 7.24. The topological polar surface area (TPSA) is 63.7 Å². The predicted molar refractivity (Wildman–Crippen MR) is 107 cm³/mol. The van der Waals surface area contributed by atoms with Crippen molar-refractivity contribution < 1.29 is 17.9 Å². The van der Waals surface area contributed by atoms with Gasteiger partial charge >= 0.3 is 5.97 Å². The molecule has 0 bridgehead atoms. The number of nitrogens with zero attached hydrogens (tertiary/aromatic N) is 1. The van der Waals surface area contributed by atoms with E-state index in [0.717, 1.165) is 9.87 Å². The maximum Gasteiger partial charge on any atom is 0.384 e. The lowest BCUT2D eigenvalue weighted by molar-refractivity contribution is -0.133. The fourth-order valence-corrected chi connectivity index (χ4v) is 3.41. The van der Waals surface area contributed by atoms with Gasteiger partial charge in [-0.3, -0.25) is 0 Å². The van der Waals surface area contributed by atoms with Gasteiger partial charge in [-0.2, -0.15) is 4.31 Å². The highest BCUT2D eigenvalue weighted by Gasteiger charge is 2.25. The van der Waals surface area contributed by atoms with Crippen LogP contribution >= 0.6 is 0 Å². The number of para-hydroxylation sites is 1. The molecular formula is C22H17NO4S. The molecule has 2 aromatic rings. The highest BCUT2D eigenvalue weighted by Crippen LogP contribution is 2.26. The zero-order valence-corrected chi connectivity index (χ0v) is 16.4. The molecule has 0 heterocycles. The molecule has 5 nitrogen and oxygen atoms in total. The van der Waals surface area contributed by atoms with E-state index in [1.165, 1.54) is 19.2 Å². The van der Waals surface area contributed by atoms with E-state index < -0.39 is 16.0 Å². The Kier molecular flexibility index (Phi) is 6.88. The Morgan fingerprint density at radius 3 is 2.36 bits per heavy atom. The number of sulfonamides is 1. The van der Waals surface area contributed by atoms with E-state index in [-0.39, 0.29) is 10.6 Å². The number of benzene rings is 2. The predicted octanol–water partition coefficient (Wildman–Crippen LogP) is 2.70. The number of rotatable bonds is 3. The maximum absolute atomic E-state index is 13.2. The molecule has 0 aromatic heterocycles. The highest BCUT2D eigenvalue weighted by molar-refractivity contribution is 7.93. The third-order valence-electron chi connectivity index (χ3n) is 3.51. The van der Waals surface area contributed by atoms with Gasteiger partial charge < -0.3 is 4.74 Å². The molecular weight excluding hydrogens is 374 g/mol. The van der Waals surface area contributed by atoms with Gasteiger partial charge in [0.2, 0.25) is 0 Å². The van der Waals surface area contributed by atoms with Crippen molar-refractivity contribution >= 4 is 21.7 Å². The summed E-state index contributed by atoms with van der Waals surface area (Å²) in [5.41, 5.74) is 1.45. The summed E-state index contributed by atoms with van der Waals surface area (Å²) >= 11 is 0. The Balaban J connectivity index is 2.67. The largest absolute Gasteiger partial charge is 0.459 e. The Bertz CT molecular complexity index is 1160. The molecule has 0 amide bonds. The number of hydrogen-bond acceptors (Lipinski definition) is 4. The van der Waals surface area contributed by atoms with Gasteiger partial charge in [0.15, 0.2) is 0 Å². The van der Waals surface area contributed by atoms with Gasteiger partial charge in [0.25, 0.3) is 10.0 Å². The van der Waals surface area contributed by atoms with Crippen molar-refractivity contribution in [2.75, 3.05) is 11.4 Å². The number of hydrogen-bond donors (Lipinski definition) is 0. The van der Waals surface area contributed by atoms with E-state index in [9.17, 15) is 13.2 Å². The molecule has 0 fully saturated rings. The van der Waals surface area contributed by atoms with Gasteiger partial charge in [-0.15, -0.1) is 0 Å². The standard InChI is InChI=1S/C22H17NO4S/c1-4-5-8-17-23(28(25,26)20-14-11-18(2)12-15-20)21-10-7-6-9-19(21)13-16-22(24)27-3/h6-7,9-12,14-15H,1-3H3. The van der Waals surface area contributed by atoms with E-state index in [2.05, 4.69) is 40.4 Å². The SMILES string of the molecule is CC#CC#CN(c1ccccc1C#CC(=O)OC)S(=O)(=O)c1ccc(C)cc1. The van der Waals surface area contributed by atoms with Crippen LogP contribution in [-0.4, -0.2) is 21.5 Å². The summed E-state index contributed by atoms with van der Waals surface area (Å²) in [7, 11) is -2.80. The van der Waals surface area contributed by atoms with Crippen LogP contribution in [0.15, 0.2) is 53.4 Å². The molecule has 2 aromatic carbocycles. The molecule has 0 aliphatic carbocycles. The van der Waals surface area contributed by atoms with Crippen LogP contribution in [-0.2, 0) is 19.6 Å². The number of methoxy groups -OCH3 is 1. The molecule has 0 radical (unpaired) electrons. The van der Waals surface area contributed by atoms with Crippen molar-refractivity contribution in [1.29, 1.82) is 0 Å². The van der Waals surface area contributed by atoms with Gasteiger partial charge in [-0.1, -0.05) is 41.7 Å². The number of carbonyl (C=O) groups excluding carboxylic acids is 1. The summed E-state index contributed by atoms with van der Waals surface area (Å²) in [5, 5.41) is 0. The van der Waals surface area contributed by atoms with Crippen molar-refractivity contribution in [2.45, 2.75) is 18.7 Å². The van der Waals surface area contributed by atoms with Gasteiger partial charge in [-0.25, -0.2) is 13.2 Å². The Morgan fingerprint density at radius 2 is 1.71 bits per heavy atom. The minimum atomic E-state index is -4.01. The summed E-state index contributed by atoms with van der Waals surface area (Å²) < 4.78 is 31.9. The second kappa shape index (κ2) is 9.33. The smallest absolute Gasteiger partial charge is 0.384 e. The molecule has 0 saturated heterocycles. The van der Waals surface area contributed by atoms with Crippen LogP contribution in [0.25, 0.3) is 0 Å². The normalized spacial score (nSPS) is 9.54. The highest BCUT2D eigenvalue weighted by atomic mass is 32.2. The van der Waals surface area contributed by atoms with Crippen LogP contribution in [0.5, 0.6) is 0 Å².